The normalized spacial score (nSPS) is 13.9. The molecule has 25 heavy (non-hydrogen) atoms. The van der Waals surface area contributed by atoms with Crippen molar-refractivity contribution < 1.29 is 4.79 Å². The van der Waals surface area contributed by atoms with Gasteiger partial charge in [-0.25, -0.2) is 0 Å². The van der Waals surface area contributed by atoms with Crippen LogP contribution in [0.1, 0.15) is 29.7 Å². The molecule has 1 aliphatic rings. The van der Waals surface area contributed by atoms with Crippen molar-refractivity contribution in [3.8, 4) is 0 Å². The van der Waals surface area contributed by atoms with Crippen LogP contribution in [0.15, 0.2) is 42.7 Å². The summed E-state index contributed by atoms with van der Waals surface area (Å²) in [7, 11) is 0. The first kappa shape index (κ1) is 16.2. The van der Waals surface area contributed by atoms with Crippen LogP contribution in [0.3, 0.4) is 0 Å². The van der Waals surface area contributed by atoms with Gasteiger partial charge < -0.3 is 9.88 Å². The minimum absolute atomic E-state index is 0.233. The minimum atomic E-state index is 0.233. The maximum absolute atomic E-state index is 12.5. The largest absolute Gasteiger partial charge is 0.357 e. The van der Waals surface area contributed by atoms with Gasteiger partial charge in [0.15, 0.2) is 0 Å². The van der Waals surface area contributed by atoms with Crippen molar-refractivity contribution in [1.29, 1.82) is 0 Å². The van der Waals surface area contributed by atoms with Gasteiger partial charge in [-0.2, -0.15) is 0 Å². The number of pyridine rings is 1. The molecule has 128 valence electrons. The van der Waals surface area contributed by atoms with Gasteiger partial charge in [0.05, 0.1) is 6.54 Å². The quantitative estimate of drug-likeness (QED) is 0.766. The van der Waals surface area contributed by atoms with Crippen LogP contribution in [0, 0.1) is 0 Å². The van der Waals surface area contributed by atoms with E-state index in [0.717, 1.165) is 42.0 Å². The van der Waals surface area contributed by atoms with E-state index in [1.165, 1.54) is 16.5 Å². The lowest BCUT2D eigenvalue weighted by Crippen LogP contribution is -2.35. The Hall–Kier alpha value is -2.33. The van der Waals surface area contributed by atoms with Crippen LogP contribution in [0.25, 0.3) is 10.9 Å². The van der Waals surface area contributed by atoms with Gasteiger partial charge in [0.25, 0.3) is 0 Å². The highest BCUT2D eigenvalue weighted by Crippen LogP contribution is 2.29. The Labute approximate surface area is 151 Å². The molecule has 0 bridgehead atoms. The Balaban J connectivity index is 1.40. The number of fused-ring (bicyclic) bond motifs is 3. The van der Waals surface area contributed by atoms with Crippen molar-refractivity contribution in [3.63, 3.8) is 0 Å². The summed E-state index contributed by atoms with van der Waals surface area (Å²) in [6.45, 7) is 1.44. The number of aromatic amines is 1. The Kier molecular flexibility index (Phi) is 4.45. The third-order valence-corrected chi connectivity index (χ3v) is 5.13. The second-order valence-corrected chi connectivity index (χ2v) is 6.98. The standard InChI is InChI=1S/C20H20ClN3O/c21-15-4-5-18-17(12-15)16-8-11-24(13-19(16)23-18)20(25)3-1-2-14-6-9-22-10-7-14/h4-7,9-10,12,23H,1-3,8,11,13H2. The van der Waals surface area contributed by atoms with Crippen molar-refractivity contribution in [2.75, 3.05) is 6.54 Å². The fourth-order valence-electron chi connectivity index (χ4n) is 3.58. The van der Waals surface area contributed by atoms with Gasteiger partial charge in [-0.05, 0) is 60.7 Å². The number of halogens is 1. The van der Waals surface area contributed by atoms with E-state index in [4.69, 9.17) is 11.6 Å². The molecule has 4 rings (SSSR count). The first-order valence-electron chi connectivity index (χ1n) is 8.66. The van der Waals surface area contributed by atoms with E-state index in [9.17, 15) is 4.79 Å². The van der Waals surface area contributed by atoms with E-state index in [1.807, 2.05) is 35.2 Å². The molecule has 4 nitrogen and oxygen atoms in total. The molecular weight excluding hydrogens is 334 g/mol. The summed E-state index contributed by atoms with van der Waals surface area (Å²) in [4.78, 5) is 22.0. The number of rotatable bonds is 4. The van der Waals surface area contributed by atoms with Crippen LogP contribution in [-0.2, 0) is 24.2 Å². The number of hydrogen-bond acceptors (Lipinski definition) is 2. The Morgan fingerprint density at radius 3 is 2.92 bits per heavy atom. The fourth-order valence-corrected chi connectivity index (χ4v) is 3.75. The number of amides is 1. The van der Waals surface area contributed by atoms with Crippen LogP contribution < -0.4 is 0 Å². The number of H-pyrrole nitrogens is 1. The molecule has 1 amide bonds. The van der Waals surface area contributed by atoms with Gasteiger partial charge >= 0.3 is 0 Å². The zero-order valence-electron chi connectivity index (χ0n) is 14.0. The molecule has 1 aliphatic heterocycles. The summed E-state index contributed by atoms with van der Waals surface area (Å²) in [5.74, 6) is 0.233. The summed E-state index contributed by atoms with van der Waals surface area (Å²) in [6, 6.07) is 9.93. The molecular formula is C20H20ClN3O. The molecule has 0 aliphatic carbocycles. The fraction of sp³-hybridized carbons (Fsp3) is 0.300. The first-order chi connectivity index (χ1) is 12.2. The highest BCUT2D eigenvalue weighted by Gasteiger charge is 2.23. The lowest BCUT2D eigenvalue weighted by Gasteiger charge is -2.27. The summed E-state index contributed by atoms with van der Waals surface area (Å²) in [6.07, 6.45) is 6.85. The van der Waals surface area contributed by atoms with Gasteiger partial charge in [-0.3, -0.25) is 9.78 Å². The van der Waals surface area contributed by atoms with Crippen molar-refractivity contribution in [3.05, 3.63) is 64.6 Å². The Morgan fingerprint density at radius 2 is 2.08 bits per heavy atom. The Morgan fingerprint density at radius 1 is 1.24 bits per heavy atom. The lowest BCUT2D eigenvalue weighted by atomic mass is 10.0. The van der Waals surface area contributed by atoms with E-state index in [0.29, 0.717) is 13.0 Å². The van der Waals surface area contributed by atoms with Gasteiger partial charge in [0.2, 0.25) is 5.91 Å². The van der Waals surface area contributed by atoms with Crippen molar-refractivity contribution in [2.24, 2.45) is 0 Å². The van der Waals surface area contributed by atoms with E-state index in [1.54, 1.807) is 12.4 Å². The number of aryl methyl sites for hydroxylation is 1. The predicted molar refractivity (Wildman–Crippen MR) is 99.6 cm³/mol. The summed E-state index contributed by atoms with van der Waals surface area (Å²) in [5.41, 5.74) is 4.78. The monoisotopic (exact) mass is 353 g/mol. The maximum Gasteiger partial charge on any atom is 0.222 e. The van der Waals surface area contributed by atoms with Gasteiger partial charge in [-0.15, -0.1) is 0 Å². The summed E-state index contributed by atoms with van der Waals surface area (Å²) in [5, 5.41) is 1.94. The average Bonchev–Trinajstić information content (AvgIpc) is 2.99. The minimum Gasteiger partial charge on any atom is -0.357 e. The molecule has 0 unspecified atom stereocenters. The molecule has 1 aromatic carbocycles. The first-order valence-corrected chi connectivity index (χ1v) is 9.04. The predicted octanol–water partition coefficient (Wildman–Crippen LogP) is 4.12. The lowest BCUT2D eigenvalue weighted by molar-refractivity contribution is -0.132. The van der Waals surface area contributed by atoms with Crippen LogP contribution in [-0.4, -0.2) is 27.3 Å². The van der Waals surface area contributed by atoms with Crippen LogP contribution in [0.2, 0.25) is 5.02 Å². The van der Waals surface area contributed by atoms with E-state index in [2.05, 4.69) is 9.97 Å². The topological polar surface area (TPSA) is 49.0 Å². The molecule has 0 saturated heterocycles. The van der Waals surface area contributed by atoms with Gasteiger partial charge in [0.1, 0.15) is 0 Å². The smallest absolute Gasteiger partial charge is 0.222 e. The molecule has 3 heterocycles. The summed E-state index contributed by atoms with van der Waals surface area (Å²) >= 11 is 6.12. The van der Waals surface area contributed by atoms with E-state index in [-0.39, 0.29) is 5.91 Å². The van der Waals surface area contributed by atoms with E-state index < -0.39 is 0 Å². The molecule has 5 heteroatoms. The number of benzene rings is 1. The molecule has 1 N–H and O–H groups in total. The SMILES string of the molecule is O=C(CCCc1ccncc1)N1CCc2c([nH]c3ccc(Cl)cc23)C1. The molecule has 3 aromatic rings. The van der Waals surface area contributed by atoms with Crippen LogP contribution >= 0.6 is 11.6 Å². The third-order valence-electron chi connectivity index (χ3n) is 4.90. The highest BCUT2D eigenvalue weighted by molar-refractivity contribution is 6.31. The maximum atomic E-state index is 12.5. The number of aromatic nitrogens is 2. The molecule has 0 fully saturated rings. The Bertz CT molecular complexity index is 904. The van der Waals surface area contributed by atoms with Crippen LogP contribution in [0.5, 0.6) is 0 Å². The van der Waals surface area contributed by atoms with Crippen molar-refractivity contribution >= 4 is 28.4 Å². The molecule has 0 radical (unpaired) electrons. The number of nitrogens with one attached hydrogen (secondary N) is 1. The number of nitrogens with zero attached hydrogens (tertiary/aromatic N) is 2. The second-order valence-electron chi connectivity index (χ2n) is 6.55. The molecule has 2 aromatic heterocycles. The van der Waals surface area contributed by atoms with Crippen molar-refractivity contribution in [1.82, 2.24) is 14.9 Å². The number of carbonyl (C=O) groups is 1. The van der Waals surface area contributed by atoms with Gasteiger partial charge in [-0.1, -0.05) is 11.6 Å². The third kappa shape index (κ3) is 3.40. The van der Waals surface area contributed by atoms with Gasteiger partial charge in [0, 0.05) is 47.0 Å². The summed E-state index contributed by atoms with van der Waals surface area (Å²) < 4.78 is 0. The number of hydrogen-bond donors (Lipinski definition) is 1. The average molecular weight is 354 g/mol. The molecule has 0 saturated carbocycles. The highest BCUT2D eigenvalue weighted by atomic mass is 35.5. The molecule has 0 spiro atoms. The zero-order valence-corrected chi connectivity index (χ0v) is 14.7. The number of carbonyl (C=O) groups excluding carboxylic acids is 1. The second kappa shape index (κ2) is 6.89. The van der Waals surface area contributed by atoms with Crippen molar-refractivity contribution in [2.45, 2.75) is 32.2 Å². The van der Waals surface area contributed by atoms with E-state index >= 15 is 0 Å². The van der Waals surface area contributed by atoms with Crippen LogP contribution in [0.4, 0.5) is 0 Å². The molecule has 0 atom stereocenters. The zero-order chi connectivity index (χ0) is 17.2.